The van der Waals surface area contributed by atoms with Gasteiger partial charge >= 0.3 is 12.0 Å². The fraction of sp³-hybridized carbons (Fsp3) is 0.474. The van der Waals surface area contributed by atoms with Gasteiger partial charge in [-0.2, -0.15) is 0 Å². The molecule has 1 atom stereocenters. The van der Waals surface area contributed by atoms with E-state index in [1.807, 2.05) is 31.2 Å². The van der Waals surface area contributed by atoms with E-state index in [-0.39, 0.29) is 18.9 Å². The van der Waals surface area contributed by atoms with Crippen LogP contribution in [0, 0.1) is 12.8 Å². The molecule has 146 valence electrons. The molecule has 8 heteroatoms. The molecule has 0 unspecified atom stereocenters. The lowest BCUT2D eigenvalue weighted by atomic mass is 10.1. The van der Waals surface area contributed by atoms with E-state index >= 15 is 0 Å². The molecule has 0 aromatic heterocycles. The molecule has 1 aromatic carbocycles. The maximum absolute atomic E-state index is 12.2. The van der Waals surface area contributed by atoms with Crippen LogP contribution in [0.1, 0.15) is 32.8 Å². The summed E-state index contributed by atoms with van der Waals surface area (Å²) in [5.41, 5.74) is 1.30. The zero-order chi connectivity index (χ0) is 20.2. The summed E-state index contributed by atoms with van der Waals surface area (Å²) in [5, 5.41) is 4.65. The Morgan fingerprint density at radius 1 is 1.19 bits per heavy atom. The monoisotopic (exact) mass is 375 g/mol. The molecule has 0 saturated carbocycles. The van der Waals surface area contributed by atoms with Crippen LogP contribution in [0.3, 0.4) is 0 Å². The van der Waals surface area contributed by atoms with E-state index in [1.165, 1.54) is 4.90 Å². The maximum atomic E-state index is 12.2. The highest BCUT2D eigenvalue weighted by molar-refractivity contribution is 6.00. The third-order valence-electron chi connectivity index (χ3n) is 3.89. The number of nitrogens with one attached hydrogen (secondary N) is 2. The standard InChI is InChI=1S/C19H25N3O5/c1-12-5-7-14(8-6-12)22-10-13(9-16(22)24)17(25)27-11-15(23)20-18(26)21-19(2,3)4/h5-8,13H,9-11H2,1-4H3,(H2,20,21,23,26)/t13-/m0/s1. The van der Waals surface area contributed by atoms with E-state index in [2.05, 4.69) is 10.6 Å². The molecule has 2 N–H and O–H groups in total. The number of aryl methyl sites for hydroxylation is 1. The van der Waals surface area contributed by atoms with Crippen LogP contribution < -0.4 is 15.5 Å². The van der Waals surface area contributed by atoms with Gasteiger partial charge in [-0.05, 0) is 39.8 Å². The van der Waals surface area contributed by atoms with Crippen LogP contribution in [0.15, 0.2) is 24.3 Å². The van der Waals surface area contributed by atoms with Gasteiger partial charge in [0.25, 0.3) is 5.91 Å². The third-order valence-corrected chi connectivity index (χ3v) is 3.89. The summed E-state index contributed by atoms with van der Waals surface area (Å²) in [6, 6.07) is 6.76. The predicted molar refractivity (Wildman–Crippen MR) is 99.0 cm³/mol. The summed E-state index contributed by atoms with van der Waals surface area (Å²) in [4.78, 5) is 49.2. The number of carbonyl (C=O) groups excluding carboxylic acids is 4. The molecule has 1 fully saturated rings. The van der Waals surface area contributed by atoms with Crippen molar-refractivity contribution in [3.05, 3.63) is 29.8 Å². The minimum atomic E-state index is -0.732. The fourth-order valence-corrected chi connectivity index (χ4v) is 2.63. The molecule has 4 amide bonds. The number of imide groups is 1. The van der Waals surface area contributed by atoms with Crippen LogP contribution in [0.2, 0.25) is 0 Å². The lowest BCUT2D eigenvalue weighted by Crippen LogP contribution is -2.49. The summed E-state index contributed by atoms with van der Waals surface area (Å²) in [7, 11) is 0. The average Bonchev–Trinajstić information content (AvgIpc) is 2.93. The minimum Gasteiger partial charge on any atom is -0.455 e. The summed E-state index contributed by atoms with van der Waals surface area (Å²) in [6.07, 6.45) is 0.0266. The van der Waals surface area contributed by atoms with Crippen molar-refractivity contribution in [2.45, 2.75) is 39.7 Å². The lowest BCUT2D eigenvalue weighted by molar-refractivity contribution is -0.152. The van der Waals surface area contributed by atoms with Gasteiger partial charge in [-0.1, -0.05) is 17.7 Å². The number of rotatable bonds is 4. The molecule has 27 heavy (non-hydrogen) atoms. The van der Waals surface area contributed by atoms with Crippen LogP contribution in [0.25, 0.3) is 0 Å². The highest BCUT2D eigenvalue weighted by atomic mass is 16.5. The molecule has 0 radical (unpaired) electrons. The Morgan fingerprint density at radius 2 is 1.81 bits per heavy atom. The van der Waals surface area contributed by atoms with Crippen LogP contribution in [0.4, 0.5) is 10.5 Å². The first-order valence-corrected chi connectivity index (χ1v) is 8.71. The second kappa shape index (κ2) is 8.20. The maximum Gasteiger partial charge on any atom is 0.321 e. The number of benzene rings is 1. The number of ether oxygens (including phenoxy) is 1. The van der Waals surface area contributed by atoms with Crippen molar-refractivity contribution in [1.82, 2.24) is 10.6 Å². The van der Waals surface area contributed by atoms with E-state index in [4.69, 9.17) is 4.74 Å². The Balaban J connectivity index is 1.83. The summed E-state index contributed by atoms with van der Waals surface area (Å²) in [6.45, 7) is 6.89. The molecule has 1 aliphatic rings. The first-order chi connectivity index (χ1) is 12.5. The Bertz CT molecular complexity index is 737. The zero-order valence-corrected chi connectivity index (χ0v) is 16.0. The van der Waals surface area contributed by atoms with Crippen molar-refractivity contribution < 1.29 is 23.9 Å². The van der Waals surface area contributed by atoms with Crippen LogP contribution in [-0.2, 0) is 19.1 Å². The molecule has 0 bridgehead atoms. The Morgan fingerprint density at radius 3 is 2.41 bits per heavy atom. The number of esters is 1. The zero-order valence-electron chi connectivity index (χ0n) is 16.0. The van der Waals surface area contributed by atoms with E-state index in [0.717, 1.165) is 11.3 Å². The SMILES string of the molecule is Cc1ccc(N2C[C@@H](C(=O)OCC(=O)NC(=O)NC(C)(C)C)CC2=O)cc1. The van der Waals surface area contributed by atoms with Crippen molar-refractivity contribution in [3.63, 3.8) is 0 Å². The van der Waals surface area contributed by atoms with Gasteiger partial charge in [0.1, 0.15) is 0 Å². The summed E-state index contributed by atoms with van der Waals surface area (Å²) >= 11 is 0. The van der Waals surface area contributed by atoms with E-state index in [9.17, 15) is 19.2 Å². The van der Waals surface area contributed by atoms with Gasteiger partial charge in [-0.25, -0.2) is 4.79 Å². The number of nitrogens with zero attached hydrogens (tertiary/aromatic N) is 1. The normalized spacial score (nSPS) is 16.8. The molecule has 1 heterocycles. The average molecular weight is 375 g/mol. The smallest absolute Gasteiger partial charge is 0.321 e. The van der Waals surface area contributed by atoms with Crippen LogP contribution >= 0.6 is 0 Å². The molecule has 8 nitrogen and oxygen atoms in total. The predicted octanol–water partition coefficient (Wildman–Crippen LogP) is 1.52. The van der Waals surface area contributed by atoms with E-state index in [0.29, 0.717) is 0 Å². The molecule has 0 spiro atoms. The number of carbonyl (C=O) groups is 4. The Hall–Kier alpha value is -2.90. The highest BCUT2D eigenvalue weighted by Crippen LogP contribution is 2.26. The van der Waals surface area contributed by atoms with Crippen LogP contribution in [0.5, 0.6) is 0 Å². The van der Waals surface area contributed by atoms with Crippen molar-refractivity contribution >= 4 is 29.5 Å². The highest BCUT2D eigenvalue weighted by Gasteiger charge is 2.36. The van der Waals surface area contributed by atoms with Gasteiger partial charge in [-0.15, -0.1) is 0 Å². The van der Waals surface area contributed by atoms with E-state index < -0.39 is 36.0 Å². The lowest BCUT2D eigenvalue weighted by Gasteiger charge is -2.20. The molecule has 1 saturated heterocycles. The number of amides is 4. The molecule has 2 rings (SSSR count). The number of hydrogen-bond acceptors (Lipinski definition) is 5. The Labute approximate surface area is 158 Å². The fourth-order valence-electron chi connectivity index (χ4n) is 2.63. The van der Waals surface area contributed by atoms with Gasteiger partial charge in [0.15, 0.2) is 6.61 Å². The summed E-state index contributed by atoms with van der Waals surface area (Å²) < 4.78 is 4.96. The largest absolute Gasteiger partial charge is 0.455 e. The quantitative estimate of drug-likeness (QED) is 0.777. The number of hydrogen-bond donors (Lipinski definition) is 2. The van der Waals surface area contributed by atoms with Crippen molar-refractivity contribution in [3.8, 4) is 0 Å². The van der Waals surface area contributed by atoms with Gasteiger partial charge in [0.05, 0.1) is 5.92 Å². The molecule has 0 aliphatic carbocycles. The van der Waals surface area contributed by atoms with Crippen molar-refractivity contribution in [2.75, 3.05) is 18.1 Å². The first-order valence-electron chi connectivity index (χ1n) is 8.71. The topological polar surface area (TPSA) is 105 Å². The second-order valence-electron chi connectivity index (χ2n) is 7.60. The summed E-state index contributed by atoms with van der Waals surface area (Å²) in [5.74, 6) is -2.18. The first kappa shape index (κ1) is 20.4. The van der Waals surface area contributed by atoms with E-state index in [1.54, 1.807) is 20.8 Å². The van der Waals surface area contributed by atoms with Crippen molar-refractivity contribution in [1.29, 1.82) is 0 Å². The van der Waals surface area contributed by atoms with Crippen molar-refractivity contribution in [2.24, 2.45) is 5.92 Å². The molecular formula is C19H25N3O5. The van der Waals surface area contributed by atoms with Gasteiger partial charge < -0.3 is 15.0 Å². The van der Waals surface area contributed by atoms with Gasteiger partial charge in [0.2, 0.25) is 5.91 Å². The number of urea groups is 1. The second-order valence-corrected chi connectivity index (χ2v) is 7.60. The van der Waals surface area contributed by atoms with Gasteiger partial charge in [0, 0.05) is 24.2 Å². The van der Waals surface area contributed by atoms with Gasteiger partial charge in [-0.3, -0.25) is 19.7 Å². The van der Waals surface area contributed by atoms with Crippen LogP contribution in [-0.4, -0.2) is 42.5 Å². The molecule has 1 aliphatic heterocycles. The number of anilines is 1. The molecular weight excluding hydrogens is 350 g/mol. The third kappa shape index (κ3) is 6.09. The minimum absolute atomic E-state index is 0.0266. The molecule has 1 aromatic rings. The Kier molecular flexibility index (Phi) is 6.20.